The van der Waals surface area contributed by atoms with E-state index in [0.717, 1.165) is 17.7 Å². The topological polar surface area (TPSA) is 49.5 Å². The number of likely N-dealkylation sites (N-methyl/N-ethyl adjacent to an activating group) is 1. The van der Waals surface area contributed by atoms with Gasteiger partial charge in [0.1, 0.15) is 5.82 Å². The molecule has 0 aromatic heterocycles. The largest absolute Gasteiger partial charge is 0.389 e. The Labute approximate surface area is 108 Å². The highest BCUT2D eigenvalue weighted by molar-refractivity contribution is 5.27. The molecule has 0 fully saturated rings. The van der Waals surface area contributed by atoms with Gasteiger partial charge in [-0.2, -0.15) is 0 Å². The number of aliphatic hydroxyl groups is 1. The summed E-state index contributed by atoms with van der Waals surface area (Å²) in [4.78, 5) is 2.08. The Morgan fingerprint density at radius 3 is 2.50 bits per heavy atom. The third-order valence-corrected chi connectivity index (χ3v) is 2.84. The number of halogens is 1. The molecule has 3 nitrogen and oxygen atoms in total. The fraction of sp³-hybridized carbons (Fsp3) is 0.571. The average Bonchev–Trinajstić information content (AvgIpc) is 2.26. The fourth-order valence-electron chi connectivity index (χ4n) is 2.01. The van der Waals surface area contributed by atoms with Crippen molar-refractivity contribution in [3.05, 3.63) is 35.1 Å². The minimum atomic E-state index is -0.758. The minimum Gasteiger partial charge on any atom is -0.389 e. The molecular formula is C14H23FN2O. The fourth-order valence-corrected chi connectivity index (χ4v) is 2.01. The monoisotopic (exact) mass is 254 g/mol. The minimum absolute atomic E-state index is 0.249. The van der Waals surface area contributed by atoms with Crippen LogP contribution in [0.2, 0.25) is 0 Å². The van der Waals surface area contributed by atoms with E-state index in [2.05, 4.69) is 4.90 Å². The Morgan fingerprint density at radius 2 is 2.00 bits per heavy atom. The molecule has 1 aromatic carbocycles. The van der Waals surface area contributed by atoms with Gasteiger partial charge in [0.15, 0.2) is 0 Å². The van der Waals surface area contributed by atoms with E-state index in [1.165, 1.54) is 12.1 Å². The van der Waals surface area contributed by atoms with Gasteiger partial charge in [-0.1, -0.05) is 13.0 Å². The first kappa shape index (κ1) is 15.1. The summed E-state index contributed by atoms with van der Waals surface area (Å²) in [5.41, 5.74) is 6.74. The third-order valence-electron chi connectivity index (χ3n) is 2.84. The molecule has 0 aliphatic heterocycles. The first-order valence-electron chi connectivity index (χ1n) is 6.28. The summed E-state index contributed by atoms with van der Waals surface area (Å²) in [5, 5.41) is 9.84. The summed E-state index contributed by atoms with van der Waals surface area (Å²) in [6.07, 6.45) is 0. The van der Waals surface area contributed by atoms with E-state index < -0.39 is 5.60 Å². The molecule has 0 amide bonds. The van der Waals surface area contributed by atoms with Crippen molar-refractivity contribution in [1.82, 2.24) is 4.90 Å². The number of nitrogens with two attached hydrogens (primary N) is 1. The zero-order chi connectivity index (χ0) is 13.8. The van der Waals surface area contributed by atoms with Crippen LogP contribution in [-0.4, -0.2) is 28.7 Å². The van der Waals surface area contributed by atoms with Gasteiger partial charge in [-0.15, -0.1) is 0 Å². The molecule has 0 unspecified atom stereocenters. The Bertz CT molecular complexity index is 388. The van der Waals surface area contributed by atoms with Crippen molar-refractivity contribution in [3.63, 3.8) is 0 Å². The van der Waals surface area contributed by atoms with Crippen molar-refractivity contribution < 1.29 is 9.50 Å². The molecule has 1 aromatic rings. The van der Waals surface area contributed by atoms with Gasteiger partial charge >= 0.3 is 0 Å². The van der Waals surface area contributed by atoms with Crippen LogP contribution in [0.15, 0.2) is 18.2 Å². The molecule has 0 bridgehead atoms. The number of benzene rings is 1. The molecule has 0 saturated carbocycles. The SMILES string of the molecule is CCN(Cc1cc(F)ccc1CN)CC(C)(C)O. The van der Waals surface area contributed by atoms with E-state index in [0.29, 0.717) is 19.6 Å². The summed E-state index contributed by atoms with van der Waals surface area (Å²) in [5.74, 6) is -0.249. The van der Waals surface area contributed by atoms with Gasteiger partial charge in [0, 0.05) is 19.6 Å². The Morgan fingerprint density at radius 1 is 1.33 bits per heavy atom. The lowest BCUT2D eigenvalue weighted by atomic mass is 10.1. The van der Waals surface area contributed by atoms with Gasteiger partial charge in [0.25, 0.3) is 0 Å². The van der Waals surface area contributed by atoms with Crippen molar-refractivity contribution >= 4 is 0 Å². The van der Waals surface area contributed by atoms with Crippen LogP contribution in [0, 0.1) is 5.82 Å². The maximum atomic E-state index is 13.3. The lowest BCUT2D eigenvalue weighted by Gasteiger charge is -2.28. The highest BCUT2D eigenvalue weighted by atomic mass is 19.1. The van der Waals surface area contributed by atoms with E-state index >= 15 is 0 Å². The van der Waals surface area contributed by atoms with Gasteiger partial charge < -0.3 is 10.8 Å². The van der Waals surface area contributed by atoms with Gasteiger partial charge in [-0.25, -0.2) is 4.39 Å². The Kier molecular flexibility index (Phi) is 5.26. The van der Waals surface area contributed by atoms with Crippen molar-refractivity contribution in [2.24, 2.45) is 5.73 Å². The van der Waals surface area contributed by atoms with Crippen LogP contribution in [0.5, 0.6) is 0 Å². The van der Waals surface area contributed by atoms with Crippen LogP contribution in [0.25, 0.3) is 0 Å². The summed E-state index contributed by atoms with van der Waals surface area (Å²) >= 11 is 0. The highest BCUT2D eigenvalue weighted by Gasteiger charge is 2.18. The summed E-state index contributed by atoms with van der Waals surface area (Å²) in [6.45, 7) is 7.90. The average molecular weight is 254 g/mol. The Balaban J connectivity index is 2.84. The zero-order valence-corrected chi connectivity index (χ0v) is 11.4. The normalized spacial score (nSPS) is 12.2. The molecule has 0 radical (unpaired) electrons. The molecule has 0 aliphatic rings. The molecule has 0 spiro atoms. The second-order valence-electron chi connectivity index (χ2n) is 5.23. The van der Waals surface area contributed by atoms with Crippen LogP contribution in [0.4, 0.5) is 4.39 Å². The number of rotatable bonds is 6. The van der Waals surface area contributed by atoms with Crippen LogP contribution in [0.1, 0.15) is 31.9 Å². The van der Waals surface area contributed by atoms with Crippen molar-refractivity contribution in [1.29, 1.82) is 0 Å². The summed E-state index contributed by atoms with van der Waals surface area (Å²) in [6, 6.07) is 4.68. The van der Waals surface area contributed by atoms with Gasteiger partial charge in [0.05, 0.1) is 5.60 Å². The van der Waals surface area contributed by atoms with Gasteiger partial charge in [-0.3, -0.25) is 4.90 Å². The number of hydrogen-bond donors (Lipinski definition) is 2. The lowest BCUT2D eigenvalue weighted by Crippen LogP contribution is -2.38. The van der Waals surface area contributed by atoms with E-state index in [-0.39, 0.29) is 5.82 Å². The molecule has 3 N–H and O–H groups in total. The lowest BCUT2D eigenvalue weighted by molar-refractivity contribution is 0.0352. The molecule has 0 aliphatic carbocycles. The number of nitrogens with zero attached hydrogens (tertiary/aromatic N) is 1. The van der Waals surface area contributed by atoms with Crippen LogP contribution in [0.3, 0.4) is 0 Å². The first-order valence-corrected chi connectivity index (χ1v) is 6.28. The van der Waals surface area contributed by atoms with Crippen LogP contribution in [-0.2, 0) is 13.1 Å². The van der Waals surface area contributed by atoms with Crippen LogP contribution >= 0.6 is 0 Å². The standard InChI is InChI=1S/C14H23FN2O/c1-4-17(10-14(2,3)18)9-12-7-13(15)6-5-11(12)8-16/h5-7,18H,4,8-10,16H2,1-3H3. The molecule has 1 rings (SSSR count). The molecule has 102 valence electrons. The molecule has 0 heterocycles. The van der Waals surface area contributed by atoms with Gasteiger partial charge in [-0.05, 0) is 43.7 Å². The van der Waals surface area contributed by atoms with E-state index in [1.807, 2.05) is 6.92 Å². The van der Waals surface area contributed by atoms with E-state index in [4.69, 9.17) is 5.73 Å². The first-order chi connectivity index (χ1) is 8.35. The maximum absolute atomic E-state index is 13.3. The maximum Gasteiger partial charge on any atom is 0.123 e. The smallest absolute Gasteiger partial charge is 0.123 e. The van der Waals surface area contributed by atoms with E-state index in [9.17, 15) is 9.50 Å². The molecular weight excluding hydrogens is 231 g/mol. The summed E-state index contributed by atoms with van der Waals surface area (Å²) in [7, 11) is 0. The molecule has 4 heteroatoms. The molecule has 18 heavy (non-hydrogen) atoms. The second-order valence-corrected chi connectivity index (χ2v) is 5.23. The molecule has 0 atom stereocenters. The second kappa shape index (κ2) is 6.27. The Hall–Kier alpha value is -0.970. The summed E-state index contributed by atoms with van der Waals surface area (Å²) < 4.78 is 13.3. The predicted octanol–water partition coefficient (Wildman–Crippen LogP) is 1.88. The van der Waals surface area contributed by atoms with E-state index in [1.54, 1.807) is 19.9 Å². The predicted molar refractivity (Wildman–Crippen MR) is 71.5 cm³/mol. The number of hydrogen-bond acceptors (Lipinski definition) is 3. The van der Waals surface area contributed by atoms with Crippen LogP contribution < -0.4 is 5.73 Å². The third kappa shape index (κ3) is 4.72. The zero-order valence-electron chi connectivity index (χ0n) is 11.4. The van der Waals surface area contributed by atoms with Gasteiger partial charge in [0.2, 0.25) is 0 Å². The van der Waals surface area contributed by atoms with Crippen molar-refractivity contribution in [2.75, 3.05) is 13.1 Å². The van der Waals surface area contributed by atoms with Crippen molar-refractivity contribution in [2.45, 2.75) is 39.5 Å². The molecule has 0 saturated heterocycles. The highest BCUT2D eigenvalue weighted by Crippen LogP contribution is 2.15. The van der Waals surface area contributed by atoms with Crippen molar-refractivity contribution in [3.8, 4) is 0 Å². The quantitative estimate of drug-likeness (QED) is 0.815.